The number of benzene rings is 2. The topological polar surface area (TPSA) is 48.1 Å². The van der Waals surface area contributed by atoms with E-state index in [2.05, 4.69) is 4.98 Å². The van der Waals surface area contributed by atoms with Gasteiger partial charge in [0.15, 0.2) is 0 Å². The average molecular weight is 299 g/mol. The zero-order valence-electron chi connectivity index (χ0n) is 11.6. The molecule has 0 atom stereocenters. The van der Waals surface area contributed by atoms with Crippen LogP contribution < -0.4 is 10.5 Å². The number of halogens is 1. The van der Waals surface area contributed by atoms with Gasteiger partial charge in [-0.25, -0.2) is 0 Å². The second kappa shape index (κ2) is 5.72. The molecule has 0 spiro atoms. The Morgan fingerprint density at radius 2 is 1.90 bits per heavy atom. The van der Waals surface area contributed by atoms with Crippen LogP contribution in [0.1, 0.15) is 11.3 Å². The van der Waals surface area contributed by atoms with Gasteiger partial charge >= 0.3 is 0 Å². The molecular weight excluding hydrogens is 284 g/mol. The van der Waals surface area contributed by atoms with Crippen LogP contribution in [0.25, 0.3) is 10.9 Å². The van der Waals surface area contributed by atoms with Crippen molar-refractivity contribution in [1.29, 1.82) is 0 Å². The lowest BCUT2D eigenvalue weighted by Gasteiger charge is -2.12. The zero-order valence-corrected chi connectivity index (χ0v) is 12.4. The fourth-order valence-electron chi connectivity index (χ4n) is 2.19. The van der Waals surface area contributed by atoms with Crippen LogP contribution in [0, 0.1) is 6.92 Å². The van der Waals surface area contributed by atoms with E-state index in [-0.39, 0.29) is 0 Å². The third-order valence-corrected chi connectivity index (χ3v) is 3.54. The third-order valence-electron chi connectivity index (χ3n) is 3.25. The molecule has 4 heteroatoms. The smallest absolute Gasteiger partial charge is 0.146 e. The Bertz CT molecular complexity index is 802. The first kappa shape index (κ1) is 13.9. The highest BCUT2D eigenvalue weighted by Crippen LogP contribution is 2.34. The third kappa shape index (κ3) is 2.84. The number of aryl methyl sites for hydroxylation is 1. The van der Waals surface area contributed by atoms with Crippen molar-refractivity contribution >= 4 is 22.5 Å². The number of rotatable bonds is 3. The van der Waals surface area contributed by atoms with E-state index >= 15 is 0 Å². The minimum absolute atomic E-state index is 0.364. The number of aromatic nitrogens is 1. The quantitative estimate of drug-likeness (QED) is 0.777. The van der Waals surface area contributed by atoms with Gasteiger partial charge in [-0.2, -0.15) is 0 Å². The van der Waals surface area contributed by atoms with Crippen molar-refractivity contribution in [1.82, 2.24) is 4.98 Å². The molecule has 106 valence electrons. The van der Waals surface area contributed by atoms with Crippen molar-refractivity contribution in [2.75, 3.05) is 0 Å². The average Bonchev–Trinajstić information content (AvgIpc) is 2.49. The first-order valence-corrected chi connectivity index (χ1v) is 7.08. The molecule has 2 N–H and O–H groups in total. The van der Waals surface area contributed by atoms with Crippen molar-refractivity contribution in [2.45, 2.75) is 13.5 Å². The summed E-state index contributed by atoms with van der Waals surface area (Å²) in [4.78, 5) is 4.49. The van der Waals surface area contributed by atoms with Crippen LogP contribution in [0.3, 0.4) is 0 Å². The molecule has 3 rings (SSSR count). The first-order valence-electron chi connectivity index (χ1n) is 6.70. The molecule has 0 radical (unpaired) electrons. The maximum Gasteiger partial charge on any atom is 0.146 e. The van der Waals surface area contributed by atoms with Gasteiger partial charge in [-0.3, -0.25) is 4.98 Å². The molecule has 0 unspecified atom stereocenters. The lowest BCUT2D eigenvalue weighted by Crippen LogP contribution is -2.00. The fourth-order valence-corrected chi connectivity index (χ4v) is 2.47. The number of fused-ring (bicyclic) bond motifs is 1. The Hall–Kier alpha value is -2.10. The summed E-state index contributed by atoms with van der Waals surface area (Å²) in [5.74, 6) is 1.34. The van der Waals surface area contributed by atoms with Gasteiger partial charge in [0.1, 0.15) is 11.5 Å². The predicted octanol–water partition coefficient (Wildman–Crippen LogP) is 4.45. The van der Waals surface area contributed by atoms with Crippen LogP contribution in [0.4, 0.5) is 0 Å². The minimum Gasteiger partial charge on any atom is -0.455 e. The van der Waals surface area contributed by atoms with Crippen molar-refractivity contribution in [3.63, 3.8) is 0 Å². The molecule has 0 bridgehead atoms. The molecule has 0 saturated heterocycles. The molecule has 21 heavy (non-hydrogen) atoms. The first-order chi connectivity index (χ1) is 10.2. The molecule has 1 heterocycles. The summed E-state index contributed by atoms with van der Waals surface area (Å²) in [7, 11) is 0. The highest BCUT2D eigenvalue weighted by Gasteiger charge is 2.09. The number of hydrogen-bond acceptors (Lipinski definition) is 3. The summed E-state index contributed by atoms with van der Waals surface area (Å²) in [6.07, 6.45) is 0. The number of nitrogens with zero attached hydrogens (tertiary/aromatic N) is 1. The summed E-state index contributed by atoms with van der Waals surface area (Å²) in [6.45, 7) is 2.35. The van der Waals surface area contributed by atoms with Crippen LogP contribution >= 0.6 is 11.6 Å². The number of pyridine rings is 1. The largest absolute Gasteiger partial charge is 0.455 e. The monoisotopic (exact) mass is 298 g/mol. The summed E-state index contributed by atoms with van der Waals surface area (Å²) in [6, 6.07) is 15.4. The van der Waals surface area contributed by atoms with Gasteiger partial charge in [-0.1, -0.05) is 29.8 Å². The molecule has 0 saturated carbocycles. The van der Waals surface area contributed by atoms with Crippen LogP contribution in [0.15, 0.2) is 48.5 Å². The Morgan fingerprint density at radius 3 is 2.67 bits per heavy atom. The minimum atomic E-state index is 0.364. The molecule has 2 aromatic carbocycles. The Kier molecular flexibility index (Phi) is 3.78. The molecule has 3 aromatic rings. The van der Waals surface area contributed by atoms with E-state index in [1.807, 2.05) is 55.5 Å². The maximum atomic E-state index is 6.24. The molecule has 0 fully saturated rings. The van der Waals surface area contributed by atoms with Crippen LogP contribution in [-0.2, 0) is 6.54 Å². The summed E-state index contributed by atoms with van der Waals surface area (Å²) in [5, 5.41) is 1.52. The van der Waals surface area contributed by atoms with Gasteiger partial charge in [0.2, 0.25) is 0 Å². The highest BCUT2D eigenvalue weighted by atomic mass is 35.5. The summed E-state index contributed by atoms with van der Waals surface area (Å²) >= 11 is 6.24. The van der Waals surface area contributed by atoms with Crippen molar-refractivity contribution in [3.8, 4) is 11.5 Å². The van der Waals surface area contributed by atoms with Gasteiger partial charge in [0.05, 0.1) is 16.2 Å². The standard InChI is InChI=1S/C17H15ClN2O/c1-11-6-7-16(14(18)8-11)21-17-9-12(10-19)20-15-5-3-2-4-13(15)17/h2-9H,10,19H2,1H3. The number of nitrogens with two attached hydrogens (primary N) is 1. The van der Waals surface area contributed by atoms with E-state index in [0.717, 1.165) is 22.2 Å². The van der Waals surface area contributed by atoms with E-state index in [4.69, 9.17) is 22.1 Å². The highest BCUT2D eigenvalue weighted by molar-refractivity contribution is 6.32. The SMILES string of the molecule is Cc1ccc(Oc2cc(CN)nc3ccccc23)c(Cl)c1. The van der Waals surface area contributed by atoms with Gasteiger partial charge in [-0.15, -0.1) is 0 Å². The lowest BCUT2D eigenvalue weighted by molar-refractivity contribution is 0.487. The van der Waals surface area contributed by atoms with Crippen molar-refractivity contribution in [3.05, 3.63) is 64.8 Å². The normalized spacial score (nSPS) is 10.8. The van der Waals surface area contributed by atoms with Gasteiger partial charge in [0, 0.05) is 18.0 Å². The van der Waals surface area contributed by atoms with Crippen LogP contribution in [0.2, 0.25) is 5.02 Å². The van der Waals surface area contributed by atoms with Gasteiger partial charge in [0.25, 0.3) is 0 Å². The van der Waals surface area contributed by atoms with E-state index in [0.29, 0.717) is 23.1 Å². The lowest BCUT2D eigenvalue weighted by atomic mass is 10.1. The van der Waals surface area contributed by atoms with Gasteiger partial charge < -0.3 is 10.5 Å². The Labute approximate surface area is 128 Å². The number of ether oxygens (including phenoxy) is 1. The Morgan fingerprint density at radius 1 is 1.10 bits per heavy atom. The maximum absolute atomic E-state index is 6.24. The number of hydrogen-bond donors (Lipinski definition) is 1. The van der Waals surface area contributed by atoms with E-state index in [1.54, 1.807) is 0 Å². The number of para-hydroxylation sites is 1. The predicted molar refractivity (Wildman–Crippen MR) is 85.9 cm³/mol. The molecule has 0 aliphatic rings. The van der Waals surface area contributed by atoms with E-state index < -0.39 is 0 Å². The molecule has 3 nitrogen and oxygen atoms in total. The van der Waals surface area contributed by atoms with Crippen molar-refractivity contribution < 1.29 is 4.74 Å². The van der Waals surface area contributed by atoms with Gasteiger partial charge in [-0.05, 0) is 36.8 Å². The van der Waals surface area contributed by atoms with Crippen molar-refractivity contribution in [2.24, 2.45) is 5.73 Å². The van der Waals surface area contributed by atoms with Crippen LogP contribution in [-0.4, -0.2) is 4.98 Å². The van der Waals surface area contributed by atoms with Crippen LogP contribution in [0.5, 0.6) is 11.5 Å². The molecule has 0 aliphatic carbocycles. The molecular formula is C17H15ClN2O. The zero-order chi connectivity index (χ0) is 14.8. The summed E-state index contributed by atoms with van der Waals surface area (Å²) < 4.78 is 5.99. The van der Waals surface area contributed by atoms with E-state index in [1.165, 1.54) is 0 Å². The second-order valence-corrected chi connectivity index (χ2v) is 5.28. The molecule has 1 aromatic heterocycles. The molecule has 0 amide bonds. The van der Waals surface area contributed by atoms with E-state index in [9.17, 15) is 0 Å². The Balaban J connectivity index is 2.10. The second-order valence-electron chi connectivity index (χ2n) is 4.87. The molecule has 0 aliphatic heterocycles. The fraction of sp³-hybridized carbons (Fsp3) is 0.118. The summed E-state index contributed by atoms with van der Waals surface area (Å²) in [5.41, 5.74) is 8.45.